The number of amides is 1. The van der Waals surface area contributed by atoms with E-state index in [1.165, 1.54) is 0 Å². The van der Waals surface area contributed by atoms with Gasteiger partial charge in [-0.2, -0.15) is 5.26 Å². The molecular weight excluding hydrogens is 260 g/mol. The quantitative estimate of drug-likeness (QED) is 0.799. The van der Waals surface area contributed by atoms with Crippen molar-refractivity contribution in [2.24, 2.45) is 0 Å². The highest BCUT2D eigenvalue weighted by Gasteiger charge is 2.28. The first-order valence-corrected chi connectivity index (χ1v) is 6.89. The number of nitrogens with zero attached hydrogens (tertiary/aromatic N) is 1. The third-order valence-corrected chi connectivity index (χ3v) is 2.86. The molecule has 0 spiro atoms. The highest BCUT2D eigenvalue weighted by molar-refractivity contribution is 5.81. The minimum atomic E-state index is -0.976. The molecule has 20 heavy (non-hydrogen) atoms. The van der Waals surface area contributed by atoms with E-state index >= 15 is 0 Å². The largest absolute Gasteiger partial charge is 0.461 e. The fourth-order valence-electron chi connectivity index (χ4n) is 1.99. The van der Waals surface area contributed by atoms with Gasteiger partial charge >= 0.3 is 12.1 Å². The Labute approximate surface area is 119 Å². The molecule has 1 aliphatic rings. The van der Waals surface area contributed by atoms with Crippen molar-refractivity contribution in [3.63, 3.8) is 0 Å². The first-order chi connectivity index (χ1) is 9.31. The lowest BCUT2D eigenvalue weighted by Gasteiger charge is -2.22. The first kappa shape index (κ1) is 16.3. The van der Waals surface area contributed by atoms with Crippen LogP contribution in [0.5, 0.6) is 0 Å². The van der Waals surface area contributed by atoms with Gasteiger partial charge in [-0.1, -0.05) is 0 Å². The topological polar surface area (TPSA) is 88.4 Å². The maximum atomic E-state index is 11.9. The molecule has 0 heterocycles. The third-order valence-electron chi connectivity index (χ3n) is 2.86. The molecule has 0 aromatic rings. The Bertz CT molecular complexity index is 389. The number of carbonyl (C=O) groups is 2. The molecule has 0 aromatic carbocycles. The summed E-state index contributed by atoms with van der Waals surface area (Å²) in [5.41, 5.74) is -0.656. The van der Waals surface area contributed by atoms with Crippen molar-refractivity contribution in [2.45, 2.75) is 70.6 Å². The predicted molar refractivity (Wildman–Crippen MR) is 71.7 cm³/mol. The van der Waals surface area contributed by atoms with Gasteiger partial charge in [-0.25, -0.2) is 9.59 Å². The number of rotatable bonds is 4. The number of esters is 1. The second-order valence-electron chi connectivity index (χ2n) is 5.90. The number of alkyl carbamates (subject to hydrolysis) is 1. The maximum Gasteiger partial charge on any atom is 0.408 e. The molecule has 0 bridgehead atoms. The summed E-state index contributed by atoms with van der Waals surface area (Å²) >= 11 is 0. The molecule has 6 nitrogen and oxygen atoms in total. The van der Waals surface area contributed by atoms with Gasteiger partial charge in [0.05, 0.1) is 12.5 Å². The molecule has 0 aromatic heterocycles. The zero-order valence-corrected chi connectivity index (χ0v) is 12.3. The van der Waals surface area contributed by atoms with Crippen molar-refractivity contribution in [3.8, 4) is 6.07 Å². The van der Waals surface area contributed by atoms with Gasteiger partial charge in [0.25, 0.3) is 0 Å². The van der Waals surface area contributed by atoms with E-state index in [4.69, 9.17) is 14.7 Å². The fraction of sp³-hybridized carbons (Fsp3) is 0.786. The van der Waals surface area contributed by atoms with E-state index in [1.54, 1.807) is 20.8 Å². The molecule has 1 N–H and O–H groups in total. The van der Waals surface area contributed by atoms with Crippen LogP contribution >= 0.6 is 0 Å². The van der Waals surface area contributed by atoms with Gasteiger partial charge in [-0.05, 0) is 46.5 Å². The lowest BCUT2D eigenvalue weighted by Crippen LogP contribution is -2.44. The van der Waals surface area contributed by atoms with Crippen LogP contribution in [0, 0.1) is 11.3 Å². The molecule has 6 heteroatoms. The summed E-state index contributed by atoms with van der Waals surface area (Å²) in [6, 6.07) is 0.894. The molecular formula is C14H22N2O4. The molecule has 1 aliphatic carbocycles. The van der Waals surface area contributed by atoms with Crippen molar-refractivity contribution in [2.75, 3.05) is 0 Å². The Morgan fingerprint density at radius 1 is 1.35 bits per heavy atom. The van der Waals surface area contributed by atoms with Crippen LogP contribution in [0.2, 0.25) is 0 Å². The molecule has 1 fully saturated rings. The summed E-state index contributed by atoms with van der Waals surface area (Å²) in [5, 5.41) is 11.1. The Morgan fingerprint density at radius 3 is 2.45 bits per heavy atom. The van der Waals surface area contributed by atoms with Crippen molar-refractivity contribution in [3.05, 3.63) is 0 Å². The summed E-state index contributed by atoms with van der Waals surface area (Å²) in [5.74, 6) is -0.565. The number of hydrogen-bond acceptors (Lipinski definition) is 5. The van der Waals surface area contributed by atoms with Crippen LogP contribution < -0.4 is 5.32 Å². The number of hydrogen-bond donors (Lipinski definition) is 1. The highest BCUT2D eigenvalue weighted by Crippen LogP contribution is 2.21. The van der Waals surface area contributed by atoms with Crippen LogP contribution in [0.3, 0.4) is 0 Å². The molecule has 1 rings (SSSR count). The monoisotopic (exact) mass is 282 g/mol. The molecule has 0 saturated heterocycles. The van der Waals surface area contributed by atoms with Crippen molar-refractivity contribution < 1.29 is 19.1 Å². The van der Waals surface area contributed by atoms with E-state index in [0.717, 1.165) is 25.7 Å². The lowest BCUT2D eigenvalue weighted by molar-refractivity contribution is -0.151. The van der Waals surface area contributed by atoms with Gasteiger partial charge in [0.1, 0.15) is 17.7 Å². The van der Waals surface area contributed by atoms with E-state index in [-0.39, 0.29) is 12.5 Å². The standard InChI is InChI=1S/C14H22N2O4/c1-14(2,3)20-13(18)16-11(8-9-15)12(17)19-10-6-4-5-7-10/h10-11H,4-8H2,1-3H3,(H,16,18)/t11-/m0/s1. The average molecular weight is 282 g/mol. The van der Waals surface area contributed by atoms with Crippen LogP contribution in [0.15, 0.2) is 0 Å². The zero-order chi connectivity index (χ0) is 15.2. The third kappa shape index (κ3) is 5.91. The average Bonchev–Trinajstić information content (AvgIpc) is 2.78. The molecule has 1 amide bonds. The number of ether oxygens (including phenoxy) is 2. The maximum absolute atomic E-state index is 11.9. The Balaban J connectivity index is 2.52. The first-order valence-electron chi connectivity index (χ1n) is 6.89. The molecule has 0 aliphatic heterocycles. The van der Waals surface area contributed by atoms with Crippen LogP contribution in [-0.2, 0) is 14.3 Å². The Kier molecular flexibility index (Phi) is 5.81. The summed E-state index contributed by atoms with van der Waals surface area (Å²) in [6.45, 7) is 5.17. The zero-order valence-electron chi connectivity index (χ0n) is 12.3. The SMILES string of the molecule is CC(C)(C)OC(=O)N[C@@H](CC#N)C(=O)OC1CCCC1. The van der Waals surface area contributed by atoms with Crippen molar-refractivity contribution in [1.29, 1.82) is 5.26 Å². The Hall–Kier alpha value is -1.77. The fourth-order valence-corrected chi connectivity index (χ4v) is 1.99. The Morgan fingerprint density at radius 2 is 1.95 bits per heavy atom. The molecule has 0 unspecified atom stereocenters. The molecule has 1 atom stereocenters. The normalized spacial score (nSPS) is 17.1. The van der Waals surface area contributed by atoms with Crippen molar-refractivity contribution in [1.82, 2.24) is 5.32 Å². The van der Waals surface area contributed by atoms with Gasteiger partial charge in [-0.15, -0.1) is 0 Å². The van der Waals surface area contributed by atoms with Crippen LogP contribution in [-0.4, -0.2) is 29.8 Å². The molecule has 0 radical (unpaired) electrons. The van der Waals surface area contributed by atoms with Crippen molar-refractivity contribution >= 4 is 12.1 Å². The molecule has 1 saturated carbocycles. The minimum Gasteiger partial charge on any atom is -0.461 e. The van der Waals surface area contributed by atoms with E-state index in [0.29, 0.717) is 0 Å². The van der Waals surface area contributed by atoms with Gasteiger partial charge in [-0.3, -0.25) is 0 Å². The lowest BCUT2D eigenvalue weighted by atomic mass is 10.2. The highest BCUT2D eigenvalue weighted by atomic mass is 16.6. The van der Waals surface area contributed by atoms with E-state index in [2.05, 4.69) is 5.32 Å². The number of carbonyl (C=O) groups excluding carboxylic acids is 2. The number of nitrogens with one attached hydrogen (secondary N) is 1. The van der Waals surface area contributed by atoms with Crippen LogP contribution in [0.1, 0.15) is 52.9 Å². The minimum absolute atomic E-state index is 0.0934. The van der Waals surface area contributed by atoms with Crippen LogP contribution in [0.25, 0.3) is 0 Å². The second kappa shape index (κ2) is 7.13. The summed E-state index contributed by atoms with van der Waals surface area (Å²) in [7, 11) is 0. The van der Waals surface area contributed by atoms with E-state index in [1.807, 2.05) is 6.07 Å². The van der Waals surface area contributed by atoms with Gasteiger partial charge in [0, 0.05) is 0 Å². The predicted octanol–water partition coefficient (Wildman–Crippen LogP) is 2.28. The van der Waals surface area contributed by atoms with Crippen LogP contribution in [0.4, 0.5) is 4.79 Å². The number of nitriles is 1. The smallest absolute Gasteiger partial charge is 0.408 e. The summed E-state index contributed by atoms with van der Waals surface area (Å²) in [6.07, 6.45) is 2.82. The second-order valence-corrected chi connectivity index (χ2v) is 5.90. The van der Waals surface area contributed by atoms with Gasteiger partial charge < -0.3 is 14.8 Å². The molecule has 112 valence electrons. The van der Waals surface area contributed by atoms with E-state index < -0.39 is 23.7 Å². The van der Waals surface area contributed by atoms with E-state index in [9.17, 15) is 9.59 Å². The summed E-state index contributed by atoms with van der Waals surface area (Å²) in [4.78, 5) is 23.6. The van der Waals surface area contributed by atoms with Gasteiger partial charge in [0.2, 0.25) is 0 Å². The van der Waals surface area contributed by atoms with Gasteiger partial charge in [0.15, 0.2) is 0 Å². The summed E-state index contributed by atoms with van der Waals surface area (Å²) < 4.78 is 10.4.